The van der Waals surface area contributed by atoms with Crippen molar-refractivity contribution in [2.24, 2.45) is 4.99 Å². The van der Waals surface area contributed by atoms with E-state index in [2.05, 4.69) is 11.6 Å². The van der Waals surface area contributed by atoms with Gasteiger partial charge in [0.2, 0.25) is 5.72 Å². The van der Waals surface area contributed by atoms with Crippen LogP contribution in [0.1, 0.15) is 5.56 Å². The molecule has 4 nitrogen and oxygen atoms in total. The first-order valence-electron chi connectivity index (χ1n) is 7.51. The molecule has 2 aromatic rings. The van der Waals surface area contributed by atoms with E-state index in [0.717, 1.165) is 5.56 Å². The van der Waals surface area contributed by atoms with E-state index in [-0.39, 0.29) is 17.5 Å². The minimum Gasteiger partial charge on any atom is -0.349 e. The molecule has 122 valence electrons. The standard InChI is InChI=1S/C19H17ClN2O2/c1-14-17(20)21-19(24-2,13-15-9-5-3-6-10-15)18(23)22(14)16-11-7-4-8-12-16/h3-12H,1,13H2,2H3. The predicted octanol–water partition coefficient (Wildman–Crippen LogP) is 3.77. The maximum atomic E-state index is 13.2. The van der Waals surface area contributed by atoms with Crippen molar-refractivity contribution in [3.8, 4) is 0 Å². The van der Waals surface area contributed by atoms with Crippen LogP contribution < -0.4 is 4.90 Å². The number of halogens is 1. The van der Waals surface area contributed by atoms with Crippen molar-refractivity contribution in [1.82, 2.24) is 0 Å². The third-order valence-electron chi connectivity index (χ3n) is 3.96. The molecule has 1 amide bonds. The SMILES string of the molecule is C=C1C(Cl)=NC(Cc2ccccc2)(OC)C(=O)N1c1ccccc1. The largest absolute Gasteiger partial charge is 0.349 e. The first-order valence-corrected chi connectivity index (χ1v) is 7.88. The molecular formula is C19H17ClN2O2. The van der Waals surface area contributed by atoms with Crippen molar-refractivity contribution in [2.45, 2.75) is 12.1 Å². The second kappa shape index (κ2) is 6.59. The molecular weight excluding hydrogens is 324 g/mol. The summed E-state index contributed by atoms with van der Waals surface area (Å²) in [7, 11) is 1.46. The van der Waals surface area contributed by atoms with Gasteiger partial charge in [-0.2, -0.15) is 0 Å². The number of nitrogens with zero attached hydrogens (tertiary/aromatic N) is 2. The number of anilines is 1. The van der Waals surface area contributed by atoms with E-state index in [1.54, 1.807) is 0 Å². The van der Waals surface area contributed by atoms with Gasteiger partial charge in [-0.05, 0) is 17.7 Å². The Labute approximate surface area is 146 Å². The van der Waals surface area contributed by atoms with Gasteiger partial charge in [-0.3, -0.25) is 9.69 Å². The van der Waals surface area contributed by atoms with Crippen molar-refractivity contribution >= 4 is 28.4 Å². The smallest absolute Gasteiger partial charge is 0.287 e. The highest BCUT2D eigenvalue weighted by atomic mass is 35.5. The number of hydrogen-bond acceptors (Lipinski definition) is 3. The molecule has 1 aliphatic heterocycles. The van der Waals surface area contributed by atoms with Gasteiger partial charge in [0, 0.05) is 19.2 Å². The van der Waals surface area contributed by atoms with E-state index in [9.17, 15) is 4.79 Å². The molecule has 1 heterocycles. The van der Waals surface area contributed by atoms with Gasteiger partial charge in [-0.15, -0.1) is 0 Å². The van der Waals surface area contributed by atoms with Crippen LogP contribution in [0.25, 0.3) is 0 Å². The van der Waals surface area contributed by atoms with Crippen LogP contribution in [-0.4, -0.2) is 23.9 Å². The average molecular weight is 341 g/mol. The molecule has 1 aliphatic rings. The number of benzene rings is 2. The van der Waals surface area contributed by atoms with Crippen LogP contribution in [0.4, 0.5) is 5.69 Å². The van der Waals surface area contributed by atoms with Crippen molar-refractivity contribution < 1.29 is 9.53 Å². The number of hydrogen-bond donors (Lipinski definition) is 0. The molecule has 0 fully saturated rings. The fourth-order valence-corrected chi connectivity index (χ4v) is 2.92. The minimum absolute atomic E-state index is 0.163. The summed E-state index contributed by atoms with van der Waals surface area (Å²) < 4.78 is 5.56. The van der Waals surface area contributed by atoms with Crippen molar-refractivity contribution in [2.75, 3.05) is 12.0 Å². The van der Waals surface area contributed by atoms with Crippen LogP contribution in [-0.2, 0) is 16.0 Å². The average Bonchev–Trinajstić information content (AvgIpc) is 2.62. The molecule has 24 heavy (non-hydrogen) atoms. The monoisotopic (exact) mass is 340 g/mol. The highest BCUT2D eigenvalue weighted by Gasteiger charge is 2.47. The summed E-state index contributed by atoms with van der Waals surface area (Å²) in [4.78, 5) is 19.0. The van der Waals surface area contributed by atoms with Crippen molar-refractivity contribution in [3.05, 3.63) is 78.5 Å². The Hall–Kier alpha value is -2.43. The van der Waals surface area contributed by atoms with Crippen LogP contribution in [0, 0.1) is 0 Å². The number of carbonyl (C=O) groups excluding carboxylic acids is 1. The predicted molar refractivity (Wildman–Crippen MR) is 96.2 cm³/mol. The summed E-state index contributed by atoms with van der Waals surface area (Å²) in [5, 5.41) is 0.163. The van der Waals surface area contributed by atoms with E-state index in [4.69, 9.17) is 16.3 Å². The first kappa shape index (κ1) is 16.4. The highest BCUT2D eigenvalue weighted by Crippen LogP contribution is 2.33. The van der Waals surface area contributed by atoms with Crippen molar-refractivity contribution in [3.63, 3.8) is 0 Å². The van der Waals surface area contributed by atoms with Crippen LogP contribution in [0.2, 0.25) is 0 Å². The lowest BCUT2D eigenvalue weighted by Crippen LogP contribution is -2.54. The van der Waals surface area contributed by atoms with E-state index in [1.807, 2.05) is 60.7 Å². The van der Waals surface area contributed by atoms with Crippen LogP contribution >= 0.6 is 11.6 Å². The minimum atomic E-state index is -1.41. The second-order valence-electron chi connectivity index (χ2n) is 5.48. The zero-order valence-corrected chi connectivity index (χ0v) is 14.0. The molecule has 0 N–H and O–H groups in total. The molecule has 0 saturated heterocycles. The third-order valence-corrected chi connectivity index (χ3v) is 4.27. The summed E-state index contributed by atoms with van der Waals surface area (Å²) in [6.45, 7) is 3.90. The Morgan fingerprint density at radius 3 is 2.29 bits per heavy atom. The van der Waals surface area contributed by atoms with Crippen molar-refractivity contribution in [1.29, 1.82) is 0 Å². The normalized spacial score (nSPS) is 20.9. The summed E-state index contributed by atoms with van der Waals surface area (Å²) in [5.41, 5.74) is 0.542. The molecule has 2 aromatic carbocycles. The Morgan fingerprint density at radius 1 is 1.12 bits per heavy atom. The van der Waals surface area contributed by atoms with Crippen LogP contribution in [0.3, 0.4) is 0 Å². The van der Waals surface area contributed by atoms with E-state index >= 15 is 0 Å². The molecule has 0 aromatic heterocycles. The number of aliphatic imine (C=N–C) groups is 1. The number of amides is 1. The molecule has 0 bridgehead atoms. The van der Waals surface area contributed by atoms with Gasteiger partial charge >= 0.3 is 0 Å². The highest BCUT2D eigenvalue weighted by molar-refractivity contribution is 6.70. The van der Waals surface area contributed by atoms with Gasteiger partial charge in [-0.1, -0.05) is 66.7 Å². The maximum absolute atomic E-state index is 13.2. The molecule has 0 aliphatic carbocycles. The topological polar surface area (TPSA) is 41.9 Å². The number of rotatable bonds is 4. The molecule has 0 radical (unpaired) electrons. The van der Waals surface area contributed by atoms with E-state index < -0.39 is 5.72 Å². The molecule has 1 unspecified atom stereocenters. The molecule has 1 atom stereocenters. The van der Waals surface area contributed by atoms with Gasteiger partial charge in [0.05, 0.1) is 5.70 Å². The number of ether oxygens (including phenoxy) is 1. The Kier molecular flexibility index (Phi) is 4.51. The Morgan fingerprint density at radius 2 is 1.71 bits per heavy atom. The summed E-state index contributed by atoms with van der Waals surface area (Å²) in [5.74, 6) is -0.311. The molecule has 5 heteroatoms. The zero-order chi connectivity index (χ0) is 17.2. The first-order chi connectivity index (χ1) is 11.6. The summed E-state index contributed by atoms with van der Waals surface area (Å²) in [6.07, 6.45) is 0.288. The summed E-state index contributed by atoms with van der Waals surface area (Å²) >= 11 is 6.28. The van der Waals surface area contributed by atoms with Crippen LogP contribution in [0.5, 0.6) is 0 Å². The lowest BCUT2D eigenvalue weighted by Gasteiger charge is -2.38. The van der Waals surface area contributed by atoms with E-state index in [0.29, 0.717) is 11.4 Å². The number of para-hydroxylation sites is 1. The zero-order valence-electron chi connectivity index (χ0n) is 13.3. The van der Waals surface area contributed by atoms with Gasteiger partial charge in [-0.25, -0.2) is 4.99 Å². The Bertz CT molecular complexity index is 790. The quantitative estimate of drug-likeness (QED) is 0.850. The van der Waals surface area contributed by atoms with Gasteiger partial charge < -0.3 is 4.74 Å². The molecule has 0 spiro atoms. The fraction of sp³-hybridized carbons (Fsp3) is 0.158. The maximum Gasteiger partial charge on any atom is 0.287 e. The lowest BCUT2D eigenvalue weighted by atomic mass is 9.99. The van der Waals surface area contributed by atoms with Gasteiger partial charge in [0.25, 0.3) is 5.91 Å². The van der Waals surface area contributed by atoms with Crippen LogP contribution in [0.15, 0.2) is 77.9 Å². The second-order valence-corrected chi connectivity index (χ2v) is 5.83. The summed E-state index contributed by atoms with van der Waals surface area (Å²) in [6, 6.07) is 18.8. The fourth-order valence-electron chi connectivity index (χ4n) is 2.70. The molecule has 3 rings (SSSR count). The van der Waals surface area contributed by atoms with E-state index in [1.165, 1.54) is 12.0 Å². The number of carbonyl (C=O) groups is 1. The van der Waals surface area contributed by atoms with Gasteiger partial charge in [0.1, 0.15) is 0 Å². The Balaban J connectivity index is 2.06. The lowest BCUT2D eigenvalue weighted by molar-refractivity contribution is -0.139. The third kappa shape index (κ3) is 2.86. The molecule has 0 saturated carbocycles. The number of methoxy groups -OCH3 is 1. The number of allylic oxidation sites excluding steroid dienone is 1. The van der Waals surface area contributed by atoms with Gasteiger partial charge in [0.15, 0.2) is 5.17 Å².